The maximum Gasteiger partial charge on any atom is 0.332 e. The number of amides is 1. The zero-order valence-electron chi connectivity index (χ0n) is 11.8. The van der Waals surface area contributed by atoms with Crippen LogP contribution in [0.1, 0.15) is 25.7 Å². The second-order valence-electron chi connectivity index (χ2n) is 5.44. The number of aliphatic carboxylic acids is 1. The molecule has 8 nitrogen and oxygen atoms in total. The Balaban J connectivity index is 1.83. The monoisotopic (exact) mass is 320 g/mol. The summed E-state index contributed by atoms with van der Waals surface area (Å²) in [6.45, 7) is 0.698. The third kappa shape index (κ3) is 3.92. The van der Waals surface area contributed by atoms with Crippen molar-refractivity contribution in [2.24, 2.45) is 0 Å². The highest BCUT2D eigenvalue weighted by molar-refractivity contribution is 7.88. The number of hydrogen-bond donors (Lipinski definition) is 2. The summed E-state index contributed by atoms with van der Waals surface area (Å²) >= 11 is 0. The third-order valence-corrected chi connectivity index (χ3v) is 5.18. The van der Waals surface area contributed by atoms with Crippen LogP contribution >= 0.6 is 0 Å². The highest BCUT2D eigenvalue weighted by Crippen LogP contribution is 2.21. The summed E-state index contributed by atoms with van der Waals surface area (Å²) in [5.41, 5.74) is 0. The fourth-order valence-electron chi connectivity index (χ4n) is 2.79. The van der Waals surface area contributed by atoms with Gasteiger partial charge in [-0.15, -0.1) is 0 Å². The number of carboxylic acids is 1. The van der Waals surface area contributed by atoms with Crippen LogP contribution in [0.5, 0.6) is 0 Å². The van der Waals surface area contributed by atoms with Gasteiger partial charge in [0.1, 0.15) is 6.10 Å². The number of carbonyl (C=O) groups is 2. The molecule has 2 fully saturated rings. The summed E-state index contributed by atoms with van der Waals surface area (Å²) in [6, 6.07) is -0.236. The van der Waals surface area contributed by atoms with E-state index in [0.29, 0.717) is 25.8 Å². The fourth-order valence-corrected chi connectivity index (χ4v) is 3.98. The van der Waals surface area contributed by atoms with E-state index in [1.54, 1.807) is 0 Å². The average molecular weight is 320 g/mol. The van der Waals surface area contributed by atoms with Gasteiger partial charge in [0.2, 0.25) is 15.9 Å². The van der Waals surface area contributed by atoms with Crippen molar-refractivity contribution >= 4 is 21.9 Å². The van der Waals surface area contributed by atoms with Crippen LogP contribution in [0.4, 0.5) is 0 Å². The molecule has 2 rings (SSSR count). The molecule has 120 valence electrons. The van der Waals surface area contributed by atoms with Gasteiger partial charge in [0.05, 0.1) is 6.26 Å². The summed E-state index contributed by atoms with van der Waals surface area (Å²) < 4.78 is 29.7. The fraction of sp³-hybridized carbons (Fsp3) is 0.833. The van der Waals surface area contributed by atoms with Crippen molar-refractivity contribution in [3.8, 4) is 0 Å². The molecule has 0 saturated carbocycles. The minimum Gasteiger partial charge on any atom is -0.479 e. The highest BCUT2D eigenvalue weighted by atomic mass is 32.2. The first-order valence-corrected chi connectivity index (χ1v) is 8.76. The predicted molar refractivity (Wildman–Crippen MR) is 73.1 cm³/mol. The minimum absolute atomic E-state index is 0.226. The Morgan fingerprint density at radius 1 is 1.29 bits per heavy atom. The molecule has 0 aromatic heterocycles. The largest absolute Gasteiger partial charge is 0.479 e. The summed E-state index contributed by atoms with van der Waals surface area (Å²) in [5.74, 6) is -1.44. The zero-order chi connectivity index (χ0) is 15.6. The molecule has 2 aliphatic rings. The molecule has 0 aromatic rings. The van der Waals surface area contributed by atoms with Gasteiger partial charge in [-0.1, -0.05) is 0 Å². The van der Waals surface area contributed by atoms with Crippen LogP contribution < -0.4 is 5.32 Å². The van der Waals surface area contributed by atoms with Crippen molar-refractivity contribution in [1.29, 1.82) is 0 Å². The Kier molecular flexibility index (Phi) is 4.84. The number of ether oxygens (including phenoxy) is 1. The van der Waals surface area contributed by atoms with Gasteiger partial charge in [-0.2, -0.15) is 4.31 Å². The lowest BCUT2D eigenvalue weighted by atomic mass is 10.2. The Morgan fingerprint density at radius 2 is 1.95 bits per heavy atom. The summed E-state index contributed by atoms with van der Waals surface area (Å²) in [5, 5.41) is 11.5. The molecule has 2 heterocycles. The second-order valence-corrected chi connectivity index (χ2v) is 7.38. The molecule has 2 N–H and O–H groups in total. The molecule has 2 aliphatic heterocycles. The topological polar surface area (TPSA) is 113 Å². The van der Waals surface area contributed by atoms with Crippen molar-refractivity contribution in [3.05, 3.63) is 0 Å². The SMILES string of the molecule is CS(=O)(=O)N1CCC[C@@H]1CNC(=O)[C@@H]1CC[C@H](C(=O)O)O1. The summed E-state index contributed by atoms with van der Waals surface area (Å²) in [7, 11) is -3.27. The molecule has 2 saturated heterocycles. The molecule has 3 atom stereocenters. The van der Waals surface area contributed by atoms with Gasteiger partial charge in [-0.05, 0) is 25.7 Å². The van der Waals surface area contributed by atoms with E-state index in [0.717, 1.165) is 12.7 Å². The Bertz CT molecular complexity index is 520. The van der Waals surface area contributed by atoms with Crippen LogP contribution in [-0.2, 0) is 24.3 Å². The first kappa shape index (κ1) is 16.2. The van der Waals surface area contributed by atoms with E-state index >= 15 is 0 Å². The molecule has 0 bridgehead atoms. The van der Waals surface area contributed by atoms with Gasteiger partial charge in [0.15, 0.2) is 6.10 Å². The van der Waals surface area contributed by atoms with Crippen molar-refractivity contribution in [3.63, 3.8) is 0 Å². The van der Waals surface area contributed by atoms with E-state index in [4.69, 9.17) is 9.84 Å². The third-order valence-electron chi connectivity index (χ3n) is 3.85. The number of hydrogen-bond acceptors (Lipinski definition) is 5. The Hall–Kier alpha value is -1.19. The molecule has 21 heavy (non-hydrogen) atoms. The van der Waals surface area contributed by atoms with Crippen LogP contribution in [0.2, 0.25) is 0 Å². The molecule has 1 amide bonds. The van der Waals surface area contributed by atoms with Gasteiger partial charge in [0, 0.05) is 19.1 Å². The number of nitrogens with zero attached hydrogens (tertiary/aromatic N) is 1. The molecule has 0 aromatic carbocycles. The van der Waals surface area contributed by atoms with Crippen LogP contribution in [0.25, 0.3) is 0 Å². The van der Waals surface area contributed by atoms with Gasteiger partial charge >= 0.3 is 5.97 Å². The number of rotatable bonds is 5. The number of sulfonamides is 1. The number of carbonyl (C=O) groups excluding carboxylic acids is 1. The van der Waals surface area contributed by atoms with Crippen LogP contribution in [0.15, 0.2) is 0 Å². The molecule has 0 unspecified atom stereocenters. The smallest absolute Gasteiger partial charge is 0.332 e. The van der Waals surface area contributed by atoms with Crippen molar-refractivity contribution < 1.29 is 27.9 Å². The van der Waals surface area contributed by atoms with E-state index in [9.17, 15) is 18.0 Å². The Morgan fingerprint density at radius 3 is 2.52 bits per heavy atom. The summed E-state index contributed by atoms with van der Waals surface area (Å²) in [4.78, 5) is 22.7. The maximum absolute atomic E-state index is 11.9. The van der Waals surface area contributed by atoms with E-state index in [1.807, 2.05) is 0 Å². The quantitative estimate of drug-likeness (QED) is 0.683. The molecule has 0 spiro atoms. The Labute approximate surface area is 123 Å². The van der Waals surface area contributed by atoms with E-state index in [-0.39, 0.29) is 18.5 Å². The minimum atomic E-state index is -3.27. The predicted octanol–water partition coefficient (Wildman–Crippen LogP) is -0.841. The highest BCUT2D eigenvalue weighted by Gasteiger charge is 2.36. The van der Waals surface area contributed by atoms with Crippen LogP contribution in [0, 0.1) is 0 Å². The standard InChI is InChI=1S/C12H20N2O6S/c1-21(18,19)14-6-2-3-8(14)7-13-11(15)9-4-5-10(20-9)12(16)17/h8-10H,2-7H2,1H3,(H,13,15)(H,16,17)/t8-,9+,10-/m1/s1. The first-order valence-electron chi connectivity index (χ1n) is 6.92. The van der Waals surface area contributed by atoms with Crippen LogP contribution in [0.3, 0.4) is 0 Å². The zero-order valence-corrected chi connectivity index (χ0v) is 12.6. The molecule has 0 radical (unpaired) electrons. The first-order chi connectivity index (χ1) is 9.79. The van der Waals surface area contributed by atoms with Gasteiger partial charge in [-0.25, -0.2) is 13.2 Å². The maximum atomic E-state index is 11.9. The lowest BCUT2D eigenvalue weighted by Gasteiger charge is -2.23. The lowest BCUT2D eigenvalue weighted by Crippen LogP contribution is -2.45. The molecular weight excluding hydrogens is 300 g/mol. The second kappa shape index (κ2) is 6.29. The normalized spacial score (nSPS) is 30.4. The van der Waals surface area contributed by atoms with Gasteiger partial charge < -0.3 is 15.2 Å². The van der Waals surface area contributed by atoms with Crippen molar-refractivity contribution in [2.75, 3.05) is 19.3 Å². The van der Waals surface area contributed by atoms with Crippen molar-refractivity contribution in [2.45, 2.75) is 43.9 Å². The summed E-state index contributed by atoms with van der Waals surface area (Å²) in [6.07, 6.45) is 1.62. The van der Waals surface area contributed by atoms with E-state index in [2.05, 4.69) is 5.32 Å². The number of nitrogens with one attached hydrogen (secondary N) is 1. The molecular formula is C12H20N2O6S. The van der Waals surface area contributed by atoms with Gasteiger partial charge in [-0.3, -0.25) is 4.79 Å². The molecule has 9 heteroatoms. The lowest BCUT2D eigenvalue weighted by molar-refractivity contribution is -0.151. The van der Waals surface area contributed by atoms with Crippen molar-refractivity contribution in [1.82, 2.24) is 9.62 Å². The average Bonchev–Trinajstić information content (AvgIpc) is 3.04. The number of carboxylic acid groups (broad SMARTS) is 1. The van der Waals surface area contributed by atoms with E-state index < -0.39 is 28.2 Å². The van der Waals surface area contributed by atoms with E-state index in [1.165, 1.54) is 4.31 Å². The van der Waals surface area contributed by atoms with Gasteiger partial charge in [0.25, 0.3) is 0 Å². The van der Waals surface area contributed by atoms with Crippen LogP contribution in [-0.4, -0.2) is 67.3 Å². The molecule has 0 aliphatic carbocycles.